The van der Waals surface area contributed by atoms with E-state index in [0.717, 1.165) is 5.57 Å². The molecule has 9 heavy (non-hydrogen) atoms. The molecule has 2 heteroatoms. The molecule has 2 N–H and O–H groups in total. The monoisotopic (exact) mass is 125 g/mol. The van der Waals surface area contributed by atoms with Gasteiger partial charge in [-0.15, -0.1) is 0 Å². The van der Waals surface area contributed by atoms with Crippen molar-refractivity contribution in [1.29, 1.82) is 0 Å². The van der Waals surface area contributed by atoms with Gasteiger partial charge in [-0.1, -0.05) is 6.08 Å². The van der Waals surface area contributed by atoms with E-state index in [9.17, 15) is 5.11 Å². The third-order valence-electron chi connectivity index (χ3n) is 1.57. The summed E-state index contributed by atoms with van der Waals surface area (Å²) in [6.45, 7) is 3.61. The van der Waals surface area contributed by atoms with E-state index in [2.05, 4.69) is 5.32 Å². The Bertz CT molecular complexity index is 168. The van der Waals surface area contributed by atoms with Crippen molar-refractivity contribution in [2.75, 3.05) is 0 Å². The van der Waals surface area contributed by atoms with E-state index in [1.165, 1.54) is 0 Å². The van der Waals surface area contributed by atoms with Crippen LogP contribution in [0.1, 0.15) is 13.8 Å². The zero-order valence-electron chi connectivity index (χ0n) is 5.68. The quantitative estimate of drug-likeness (QED) is 0.501. The number of aliphatic hydroxyl groups is 1. The van der Waals surface area contributed by atoms with Gasteiger partial charge in [0, 0.05) is 0 Å². The minimum atomic E-state index is -0.839. The van der Waals surface area contributed by atoms with Crippen molar-refractivity contribution < 1.29 is 5.11 Å². The molecule has 0 bridgehead atoms. The Morgan fingerprint density at radius 2 is 2.33 bits per heavy atom. The minimum Gasteiger partial charge on any atom is -0.367 e. The number of hydrogen-bond acceptors (Lipinski definition) is 2. The van der Waals surface area contributed by atoms with Crippen LogP contribution in [-0.4, -0.2) is 10.8 Å². The fourth-order valence-electron chi connectivity index (χ4n) is 0.679. The van der Waals surface area contributed by atoms with E-state index >= 15 is 0 Å². The maximum atomic E-state index is 9.41. The highest BCUT2D eigenvalue weighted by Crippen LogP contribution is 2.14. The molecule has 0 fully saturated rings. The Hall–Kier alpha value is -0.760. The molecule has 1 rings (SSSR count). The minimum absolute atomic E-state index is 0.839. The van der Waals surface area contributed by atoms with Crippen molar-refractivity contribution in [1.82, 2.24) is 5.32 Å². The highest BCUT2D eigenvalue weighted by Gasteiger charge is 2.20. The molecule has 1 atom stereocenters. The Morgan fingerprint density at radius 1 is 1.67 bits per heavy atom. The average molecular weight is 125 g/mol. The molecule has 0 aromatic carbocycles. The van der Waals surface area contributed by atoms with Gasteiger partial charge in [0.05, 0.1) is 0 Å². The predicted octanol–water partition coefficient (Wildman–Crippen LogP) is 0.758. The molecule has 0 aromatic heterocycles. The molecule has 50 valence electrons. The molecule has 0 aliphatic carbocycles. The van der Waals surface area contributed by atoms with E-state index in [4.69, 9.17) is 0 Å². The van der Waals surface area contributed by atoms with Crippen molar-refractivity contribution in [2.45, 2.75) is 19.6 Å². The van der Waals surface area contributed by atoms with Crippen LogP contribution in [0.4, 0.5) is 0 Å². The molecule has 1 heterocycles. The SMILES string of the molecule is CC1=CC=CNC1(C)O. The lowest BCUT2D eigenvalue weighted by Gasteiger charge is -2.26. The first-order valence-electron chi connectivity index (χ1n) is 2.97. The molecule has 2 nitrogen and oxygen atoms in total. The molecule has 0 aromatic rings. The second-order valence-electron chi connectivity index (χ2n) is 2.43. The van der Waals surface area contributed by atoms with Gasteiger partial charge < -0.3 is 10.4 Å². The second kappa shape index (κ2) is 1.88. The molecule has 1 aliphatic heterocycles. The summed E-state index contributed by atoms with van der Waals surface area (Å²) in [6.07, 6.45) is 5.48. The highest BCUT2D eigenvalue weighted by molar-refractivity contribution is 5.22. The fraction of sp³-hybridized carbons (Fsp3) is 0.429. The fourth-order valence-corrected chi connectivity index (χ4v) is 0.679. The molecule has 0 amide bonds. The van der Waals surface area contributed by atoms with Crippen molar-refractivity contribution in [3.05, 3.63) is 23.9 Å². The molecular weight excluding hydrogens is 114 g/mol. The van der Waals surface area contributed by atoms with Crippen molar-refractivity contribution in [3.63, 3.8) is 0 Å². The molecule has 1 unspecified atom stereocenters. The van der Waals surface area contributed by atoms with E-state index in [0.29, 0.717) is 0 Å². The Balaban J connectivity index is 2.83. The largest absolute Gasteiger partial charge is 0.367 e. The van der Waals surface area contributed by atoms with Gasteiger partial charge in [-0.2, -0.15) is 0 Å². The predicted molar refractivity (Wildman–Crippen MR) is 36.7 cm³/mol. The normalized spacial score (nSPS) is 33.4. The number of hydrogen-bond donors (Lipinski definition) is 2. The van der Waals surface area contributed by atoms with Crippen molar-refractivity contribution in [2.24, 2.45) is 0 Å². The van der Waals surface area contributed by atoms with Crippen LogP contribution in [-0.2, 0) is 0 Å². The summed E-state index contributed by atoms with van der Waals surface area (Å²) in [5.74, 6) is 0. The van der Waals surface area contributed by atoms with E-state index in [1.54, 1.807) is 13.1 Å². The molecule has 0 radical (unpaired) electrons. The number of nitrogens with one attached hydrogen (secondary N) is 1. The zero-order chi connectivity index (χ0) is 6.91. The van der Waals surface area contributed by atoms with E-state index in [-0.39, 0.29) is 0 Å². The summed E-state index contributed by atoms with van der Waals surface area (Å²) in [5.41, 5.74) is 0.0966. The summed E-state index contributed by atoms with van der Waals surface area (Å²) >= 11 is 0. The van der Waals surface area contributed by atoms with Crippen LogP contribution in [0, 0.1) is 0 Å². The Labute approximate surface area is 54.9 Å². The van der Waals surface area contributed by atoms with Crippen LogP contribution < -0.4 is 5.32 Å². The van der Waals surface area contributed by atoms with Crippen molar-refractivity contribution in [3.8, 4) is 0 Å². The topological polar surface area (TPSA) is 32.3 Å². The number of dihydropyridines is 1. The first-order chi connectivity index (χ1) is 4.13. The first-order valence-corrected chi connectivity index (χ1v) is 2.97. The first kappa shape index (κ1) is 6.36. The van der Waals surface area contributed by atoms with Crippen LogP contribution in [0.5, 0.6) is 0 Å². The highest BCUT2D eigenvalue weighted by atomic mass is 16.3. The third-order valence-corrected chi connectivity index (χ3v) is 1.57. The maximum Gasteiger partial charge on any atom is 0.154 e. The Morgan fingerprint density at radius 3 is 2.67 bits per heavy atom. The van der Waals surface area contributed by atoms with Crippen LogP contribution in [0.2, 0.25) is 0 Å². The Kier molecular flexibility index (Phi) is 1.33. The van der Waals surface area contributed by atoms with Gasteiger partial charge in [0.2, 0.25) is 0 Å². The van der Waals surface area contributed by atoms with E-state index in [1.807, 2.05) is 19.1 Å². The van der Waals surface area contributed by atoms with Gasteiger partial charge in [0.15, 0.2) is 5.72 Å². The average Bonchev–Trinajstić information content (AvgIpc) is 1.77. The maximum absolute atomic E-state index is 9.41. The van der Waals surface area contributed by atoms with Crippen LogP contribution >= 0.6 is 0 Å². The lowest BCUT2D eigenvalue weighted by Crippen LogP contribution is -2.41. The van der Waals surface area contributed by atoms with Gasteiger partial charge in [-0.3, -0.25) is 0 Å². The van der Waals surface area contributed by atoms with Gasteiger partial charge in [0.1, 0.15) is 0 Å². The molecule has 1 aliphatic rings. The van der Waals surface area contributed by atoms with Gasteiger partial charge >= 0.3 is 0 Å². The smallest absolute Gasteiger partial charge is 0.154 e. The summed E-state index contributed by atoms with van der Waals surface area (Å²) in [6, 6.07) is 0. The standard InChI is InChI=1S/C7H11NO/c1-6-4-3-5-8-7(6,2)9/h3-5,8-9H,1-2H3. The third kappa shape index (κ3) is 1.13. The van der Waals surface area contributed by atoms with Crippen LogP contribution in [0.15, 0.2) is 23.9 Å². The molecule has 0 saturated heterocycles. The van der Waals surface area contributed by atoms with Crippen molar-refractivity contribution >= 4 is 0 Å². The van der Waals surface area contributed by atoms with Gasteiger partial charge in [-0.05, 0) is 31.7 Å². The summed E-state index contributed by atoms with van der Waals surface area (Å²) < 4.78 is 0. The van der Waals surface area contributed by atoms with E-state index < -0.39 is 5.72 Å². The summed E-state index contributed by atoms with van der Waals surface area (Å²) in [7, 11) is 0. The molecular formula is C7H11NO. The lowest BCUT2D eigenvalue weighted by molar-refractivity contribution is 0.0752. The van der Waals surface area contributed by atoms with Gasteiger partial charge in [-0.25, -0.2) is 0 Å². The molecule has 0 spiro atoms. The second-order valence-corrected chi connectivity index (χ2v) is 2.43. The number of allylic oxidation sites excluding steroid dienone is 2. The zero-order valence-corrected chi connectivity index (χ0v) is 5.68. The lowest BCUT2D eigenvalue weighted by atomic mass is 10.1. The van der Waals surface area contributed by atoms with Crippen LogP contribution in [0.3, 0.4) is 0 Å². The summed E-state index contributed by atoms with van der Waals surface area (Å²) in [4.78, 5) is 0. The summed E-state index contributed by atoms with van der Waals surface area (Å²) in [5, 5.41) is 12.2. The molecule has 0 saturated carbocycles. The van der Waals surface area contributed by atoms with Gasteiger partial charge in [0.25, 0.3) is 0 Å². The number of rotatable bonds is 0. The van der Waals surface area contributed by atoms with Crippen LogP contribution in [0.25, 0.3) is 0 Å².